The van der Waals surface area contributed by atoms with Gasteiger partial charge in [-0.05, 0) is 69.2 Å². The number of ketones is 1. The van der Waals surface area contributed by atoms with E-state index in [2.05, 4.69) is 52.8 Å². The standard InChI is InChI=1S/C29H41N3O3/c1-3-4-14-28(34)27-20-24(19-23-10-6-5-7-11-23)15-18-32(27)17-9-16-30-29(35)31-26-13-8-12-25(21-26)22(2)33/h5-8,10-13,21,24,27-28,34H,3-4,9,14-20H2,1-2H3,(H2,30,31,35). The highest BCUT2D eigenvalue weighted by Crippen LogP contribution is 2.29. The lowest BCUT2D eigenvalue weighted by molar-refractivity contribution is 0.00357. The Morgan fingerprint density at radius 1 is 1.11 bits per heavy atom. The Morgan fingerprint density at radius 3 is 2.66 bits per heavy atom. The van der Waals surface area contributed by atoms with Crippen LogP contribution < -0.4 is 10.6 Å². The first-order valence-electron chi connectivity index (χ1n) is 13.1. The molecule has 0 bridgehead atoms. The number of amides is 2. The van der Waals surface area contributed by atoms with Gasteiger partial charge in [0.2, 0.25) is 0 Å². The van der Waals surface area contributed by atoms with Crippen LogP contribution in [-0.4, -0.2) is 53.6 Å². The Morgan fingerprint density at radius 2 is 1.91 bits per heavy atom. The highest BCUT2D eigenvalue weighted by atomic mass is 16.3. The minimum atomic E-state index is -0.307. The molecule has 6 nitrogen and oxygen atoms in total. The van der Waals surface area contributed by atoms with Gasteiger partial charge in [-0.2, -0.15) is 0 Å². The Balaban J connectivity index is 1.47. The van der Waals surface area contributed by atoms with Crippen LogP contribution in [0.4, 0.5) is 10.5 Å². The van der Waals surface area contributed by atoms with Gasteiger partial charge in [-0.1, -0.05) is 62.2 Å². The smallest absolute Gasteiger partial charge is 0.319 e. The fraction of sp³-hybridized carbons (Fsp3) is 0.517. The summed E-state index contributed by atoms with van der Waals surface area (Å²) in [6.07, 6.45) is 6.70. The third-order valence-corrected chi connectivity index (χ3v) is 6.97. The van der Waals surface area contributed by atoms with Crippen LogP contribution in [0.3, 0.4) is 0 Å². The fourth-order valence-electron chi connectivity index (χ4n) is 5.01. The molecule has 0 aromatic heterocycles. The molecule has 3 atom stereocenters. The summed E-state index contributed by atoms with van der Waals surface area (Å²) in [5.74, 6) is 0.557. The molecule has 1 saturated heterocycles. The van der Waals surface area contributed by atoms with Crippen molar-refractivity contribution in [1.29, 1.82) is 0 Å². The maximum atomic E-state index is 12.3. The molecule has 1 heterocycles. The third kappa shape index (κ3) is 8.79. The van der Waals surface area contributed by atoms with Crippen molar-refractivity contribution in [3.63, 3.8) is 0 Å². The molecule has 1 fully saturated rings. The van der Waals surface area contributed by atoms with Gasteiger partial charge in [-0.3, -0.25) is 9.69 Å². The number of piperidine rings is 1. The van der Waals surface area contributed by atoms with Gasteiger partial charge in [0.05, 0.1) is 6.10 Å². The number of aliphatic hydroxyl groups excluding tert-OH is 1. The second-order valence-electron chi connectivity index (χ2n) is 9.76. The quantitative estimate of drug-likeness (QED) is 0.286. The zero-order chi connectivity index (χ0) is 25.0. The lowest BCUT2D eigenvalue weighted by Gasteiger charge is -2.42. The van der Waals surface area contributed by atoms with Gasteiger partial charge in [-0.25, -0.2) is 4.79 Å². The molecule has 3 N–H and O–H groups in total. The van der Waals surface area contributed by atoms with Gasteiger partial charge in [0.1, 0.15) is 0 Å². The minimum absolute atomic E-state index is 0.0303. The number of benzene rings is 2. The maximum absolute atomic E-state index is 12.3. The van der Waals surface area contributed by atoms with E-state index < -0.39 is 0 Å². The summed E-state index contributed by atoms with van der Waals surface area (Å²) in [5.41, 5.74) is 2.55. The molecule has 3 unspecified atom stereocenters. The van der Waals surface area contributed by atoms with E-state index in [-0.39, 0.29) is 24.0 Å². The zero-order valence-electron chi connectivity index (χ0n) is 21.2. The molecule has 2 aromatic rings. The Kier molecular flexibility index (Phi) is 10.8. The Bertz CT molecular complexity index is 934. The number of carbonyl (C=O) groups excluding carboxylic acids is 2. The van der Waals surface area contributed by atoms with E-state index in [0.29, 0.717) is 23.7 Å². The largest absolute Gasteiger partial charge is 0.391 e. The summed E-state index contributed by atoms with van der Waals surface area (Å²) in [6.45, 7) is 6.06. The predicted octanol–water partition coefficient (Wildman–Crippen LogP) is 5.28. The molecule has 190 valence electrons. The number of anilines is 1. The monoisotopic (exact) mass is 479 g/mol. The SMILES string of the molecule is CCCCC(O)C1CC(Cc2ccccc2)CCN1CCCNC(=O)Nc1cccc(C(C)=O)c1. The van der Waals surface area contributed by atoms with Gasteiger partial charge in [0.25, 0.3) is 0 Å². The van der Waals surface area contributed by atoms with Crippen molar-refractivity contribution in [2.45, 2.75) is 70.9 Å². The number of unbranched alkanes of at least 4 members (excludes halogenated alkanes) is 1. The number of aliphatic hydroxyl groups is 1. The van der Waals surface area contributed by atoms with E-state index in [4.69, 9.17) is 0 Å². The van der Waals surface area contributed by atoms with Crippen molar-refractivity contribution >= 4 is 17.5 Å². The first-order chi connectivity index (χ1) is 17.0. The average molecular weight is 480 g/mol. The number of nitrogens with zero attached hydrogens (tertiary/aromatic N) is 1. The summed E-state index contributed by atoms with van der Waals surface area (Å²) >= 11 is 0. The number of hydrogen-bond donors (Lipinski definition) is 3. The van der Waals surface area contributed by atoms with Crippen molar-refractivity contribution in [3.8, 4) is 0 Å². The second kappa shape index (κ2) is 14.0. The van der Waals surface area contributed by atoms with Crippen molar-refractivity contribution < 1.29 is 14.7 Å². The molecule has 0 radical (unpaired) electrons. The number of urea groups is 1. The summed E-state index contributed by atoms with van der Waals surface area (Å²) in [6, 6.07) is 17.5. The van der Waals surface area contributed by atoms with E-state index in [1.807, 2.05) is 0 Å². The topological polar surface area (TPSA) is 81.7 Å². The van der Waals surface area contributed by atoms with E-state index >= 15 is 0 Å². The van der Waals surface area contributed by atoms with Crippen LogP contribution in [0.15, 0.2) is 54.6 Å². The first kappa shape index (κ1) is 26.9. The number of Topliss-reactive ketones (excluding diaryl/α,β-unsaturated/α-hetero) is 1. The number of rotatable bonds is 12. The van der Waals surface area contributed by atoms with Crippen molar-refractivity contribution in [1.82, 2.24) is 10.2 Å². The van der Waals surface area contributed by atoms with Crippen LogP contribution in [0.25, 0.3) is 0 Å². The van der Waals surface area contributed by atoms with Crippen molar-refractivity contribution in [2.75, 3.05) is 25.0 Å². The van der Waals surface area contributed by atoms with Crippen LogP contribution in [-0.2, 0) is 6.42 Å². The third-order valence-electron chi connectivity index (χ3n) is 6.97. The van der Waals surface area contributed by atoms with Gasteiger partial charge < -0.3 is 15.7 Å². The lowest BCUT2D eigenvalue weighted by Crippen LogP contribution is -2.50. The molecule has 1 aliphatic heterocycles. The molecule has 2 amide bonds. The van der Waals surface area contributed by atoms with Gasteiger partial charge in [0.15, 0.2) is 5.78 Å². The van der Waals surface area contributed by atoms with Crippen molar-refractivity contribution in [3.05, 3.63) is 65.7 Å². The lowest BCUT2D eigenvalue weighted by atomic mass is 9.83. The van der Waals surface area contributed by atoms with Crippen LogP contribution in [0.1, 0.15) is 68.3 Å². The molecule has 0 saturated carbocycles. The van der Waals surface area contributed by atoms with E-state index in [9.17, 15) is 14.7 Å². The van der Waals surface area contributed by atoms with Gasteiger partial charge in [0, 0.05) is 30.4 Å². The fourth-order valence-corrected chi connectivity index (χ4v) is 5.01. The molecule has 3 rings (SSSR count). The van der Waals surface area contributed by atoms with Crippen LogP contribution >= 0.6 is 0 Å². The minimum Gasteiger partial charge on any atom is -0.391 e. The number of likely N-dealkylation sites (tertiary alicyclic amines) is 1. The normalized spacial score (nSPS) is 19.2. The van der Waals surface area contributed by atoms with Crippen LogP contribution in [0.2, 0.25) is 0 Å². The Labute approximate surface area is 210 Å². The summed E-state index contributed by atoms with van der Waals surface area (Å²) in [7, 11) is 0. The van der Waals surface area contributed by atoms with E-state index in [0.717, 1.165) is 58.0 Å². The molecule has 1 aliphatic rings. The summed E-state index contributed by atoms with van der Waals surface area (Å²) in [4.78, 5) is 26.3. The highest BCUT2D eigenvalue weighted by molar-refractivity contribution is 5.96. The van der Waals surface area contributed by atoms with Crippen LogP contribution in [0.5, 0.6) is 0 Å². The summed E-state index contributed by atoms with van der Waals surface area (Å²) in [5, 5.41) is 16.7. The number of carbonyl (C=O) groups is 2. The molecule has 0 spiro atoms. The first-order valence-corrected chi connectivity index (χ1v) is 13.1. The summed E-state index contributed by atoms with van der Waals surface area (Å²) < 4.78 is 0. The average Bonchev–Trinajstić information content (AvgIpc) is 2.86. The molecule has 6 heteroatoms. The second-order valence-corrected chi connectivity index (χ2v) is 9.76. The number of nitrogens with one attached hydrogen (secondary N) is 2. The highest BCUT2D eigenvalue weighted by Gasteiger charge is 2.32. The van der Waals surface area contributed by atoms with Gasteiger partial charge in [-0.15, -0.1) is 0 Å². The van der Waals surface area contributed by atoms with Gasteiger partial charge >= 0.3 is 6.03 Å². The molecule has 2 aromatic carbocycles. The zero-order valence-corrected chi connectivity index (χ0v) is 21.2. The van der Waals surface area contributed by atoms with Crippen LogP contribution in [0, 0.1) is 5.92 Å². The van der Waals surface area contributed by atoms with Crippen molar-refractivity contribution in [2.24, 2.45) is 5.92 Å². The molecule has 35 heavy (non-hydrogen) atoms. The molecular formula is C29H41N3O3. The van der Waals surface area contributed by atoms with E-state index in [1.165, 1.54) is 12.5 Å². The maximum Gasteiger partial charge on any atom is 0.319 e. The molecule has 0 aliphatic carbocycles. The Hall–Kier alpha value is -2.70. The van der Waals surface area contributed by atoms with E-state index in [1.54, 1.807) is 24.3 Å². The molecular weight excluding hydrogens is 438 g/mol. The predicted molar refractivity (Wildman–Crippen MR) is 142 cm³/mol. The number of hydrogen-bond acceptors (Lipinski definition) is 4.